The fraction of sp³-hybridized carbons (Fsp3) is 0.435. The molecule has 4 nitrogen and oxygen atoms in total. The molecule has 2 aromatic rings. The van der Waals surface area contributed by atoms with Gasteiger partial charge >= 0.3 is 5.97 Å². The number of nitrogens with zero attached hydrogens (tertiary/aromatic N) is 1. The Morgan fingerprint density at radius 1 is 0.926 bits per heavy atom. The highest BCUT2D eigenvalue weighted by Gasteiger charge is 2.51. The van der Waals surface area contributed by atoms with Crippen LogP contribution in [0.25, 0.3) is 0 Å². The summed E-state index contributed by atoms with van der Waals surface area (Å²) in [6, 6.07) is 19.2. The Bertz CT molecular complexity index is 747. The van der Waals surface area contributed by atoms with E-state index in [9.17, 15) is 9.90 Å². The molecule has 2 aliphatic heterocycles. The van der Waals surface area contributed by atoms with Crippen LogP contribution in [0.1, 0.15) is 36.8 Å². The zero-order valence-corrected chi connectivity index (χ0v) is 16.0. The Kier molecular flexibility index (Phi) is 4.57. The van der Waals surface area contributed by atoms with E-state index in [0.29, 0.717) is 23.2 Å². The lowest BCUT2D eigenvalue weighted by molar-refractivity contribution is -0.931. The number of carbonyl (C=O) groups excluding carboxylic acids is 1. The van der Waals surface area contributed by atoms with Crippen LogP contribution < -0.4 is 0 Å². The van der Waals surface area contributed by atoms with Crippen molar-refractivity contribution in [3.8, 4) is 0 Å². The second-order valence-electron chi connectivity index (χ2n) is 8.46. The molecule has 2 saturated heterocycles. The molecule has 2 fully saturated rings. The predicted molar refractivity (Wildman–Crippen MR) is 104 cm³/mol. The third-order valence-corrected chi connectivity index (χ3v) is 6.74. The van der Waals surface area contributed by atoms with Crippen LogP contribution in [0, 0.1) is 0 Å². The van der Waals surface area contributed by atoms with Crippen LogP contribution in [-0.2, 0) is 15.1 Å². The van der Waals surface area contributed by atoms with Gasteiger partial charge in [-0.15, -0.1) is 0 Å². The first-order valence-corrected chi connectivity index (χ1v) is 9.80. The Hall–Kier alpha value is -2.17. The molecule has 1 unspecified atom stereocenters. The minimum Gasteiger partial charge on any atom is -0.459 e. The Balaban J connectivity index is 1.61. The average Bonchev–Trinajstić information content (AvgIpc) is 2.86. The third-order valence-electron chi connectivity index (χ3n) is 6.74. The van der Waals surface area contributed by atoms with E-state index in [-0.39, 0.29) is 6.10 Å². The maximum atomic E-state index is 13.3. The summed E-state index contributed by atoms with van der Waals surface area (Å²) in [6.07, 6.45) is 3.99. The number of rotatable bonds is 4. The molecule has 0 spiro atoms. The van der Waals surface area contributed by atoms with Crippen LogP contribution in [0.2, 0.25) is 0 Å². The molecule has 4 heteroatoms. The van der Waals surface area contributed by atoms with Crippen LogP contribution in [0.15, 0.2) is 60.7 Å². The zero-order valence-electron chi connectivity index (χ0n) is 16.0. The van der Waals surface area contributed by atoms with Gasteiger partial charge in [0.05, 0.1) is 26.2 Å². The molecular formula is C23H28NO3+. The van der Waals surface area contributed by atoms with Gasteiger partial charge in [-0.05, 0) is 11.1 Å². The fourth-order valence-corrected chi connectivity index (χ4v) is 4.92. The van der Waals surface area contributed by atoms with Crippen molar-refractivity contribution in [1.82, 2.24) is 0 Å². The quantitative estimate of drug-likeness (QED) is 0.667. The normalized spacial score (nSPS) is 26.6. The van der Waals surface area contributed by atoms with Gasteiger partial charge in [0, 0.05) is 25.7 Å². The van der Waals surface area contributed by atoms with E-state index in [2.05, 4.69) is 14.1 Å². The molecule has 0 aliphatic carbocycles. The van der Waals surface area contributed by atoms with Crippen molar-refractivity contribution in [2.75, 3.05) is 14.1 Å². The summed E-state index contributed by atoms with van der Waals surface area (Å²) < 4.78 is 6.96. The number of hydrogen-bond acceptors (Lipinski definition) is 3. The number of esters is 1. The van der Waals surface area contributed by atoms with E-state index in [4.69, 9.17) is 4.74 Å². The van der Waals surface area contributed by atoms with E-state index in [0.717, 1.165) is 17.3 Å². The first-order valence-electron chi connectivity index (χ1n) is 9.80. The fourth-order valence-electron chi connectivity index (χ4n) is 4.92. The minimum absolute atomic E-state index is 0.125. The lowest BCUT2D eigenvalue weighted by atomic mass is 9.86. The summed E-state index contributed by atoms with van der Waals surface area (Å²) in [7, 11) is 4.56. The number of ether oxygens (including phenoxy) is 1. The molecule has 3 atom stereocenters. The van der Waals surface area contributed by atoms with Gasteiger partial charge in [0.2, 0.25) is 5.60 Å². The van der Waals surface area contributed by atoms with E-state index in [1.807, 2.05) is 36.4 Å². The highest BCUT2D eigenvalue weighted by molar-refractivity contribution is 5.85. The molecule has 1 N–H and O–H groups in total. The van der Waals surface area contributed by atoms with E-state index < -0.39 is 11.6 Å². The number of fused-ring (bicyclic) bond motifs is 2. The number of benzene rings is 2. The van der Waals surface area contributed by atoms with Gasteiger partial charge in [-0.25, -0.2) is 4.79 Å². The average molecular weight is 366 g/mol. The van der Waals surface area contributed by atoms with Crippen LogP contribution in [0.3, 0.4) is 0 Å². The summed E-state index contributed by atoms with van der Waals surface area (Å²) in [4.78, 5) is 13.3. The highest BCUT2D eigenvalue weighted by Crippen LogP contribution is 2.41. The maximum Gasteiger partial charge on any atom is 0.347 e. The van der Waals surface area contributed by atoms with E-state index >= 15 is 0 Å². The van der Waals surface area contributed by atoms with Crippen molar-refractivity contribution >= 4 is 5.97 Å². The summed E-state index contributed by atoms with van der Waals surface area (Å²) in [5.41, 5.74) is -0.712. The second kappa shape index (κ2) is 6.77. The number of piperidine rings is 1. The number of carbonyl (C=O) groups is 1. The first kappa shape index (κ1) is 18.2. The molecular weight excluding hydrogens is 338 g/mol. The number of quaternary nitrogens is 1. The first-order chi connectivity index (χ1) is 12.9. The largest absolute Gasteiger partial charge is 0.459 e. The Morgan fingerprint density at radius 2 is 1.37 bits per heavy atom. The van der Waals surface area contributed by atoms with Crippen molar-refractivity contribution in [2.24, 2.45) is 0 Å². The monoisotopic (exact) mass is 366 g/mol. The molecule has 0 saturated carbocycles. The summed E-state index contributed by atoms with van der Waals surface area (Å²) in [6.45, 7) is 0. The van der Waals surface area contributed by atoms with Gasteiger partial charge in [0.15, 0.2) is 0 Å². The smallest absolute Gasteiger partial charge is 0.347 e. The molecule has 0 radical (unpaired) electrons. The second-order valence-corrected chi connectivity index (χ2v) is 8.46. The number of aliphatic hydroxyl groups is 1. The van der Waals surface area contributed by atoms with Gasteiger partial charge in [-0.2, -0.15) is 0 Å². The van der Waals surface area contributed by atoms with Crippen LogP contribution in [0.5, 0.6) is 0 Å². The topological polar surface area (TPSA) is 46.5 Å². The molecule has 2 aliphatic rings. The van der Waals surface area contributed by atoms with Gasteiger partial charge in [0.1, 0.15) is 6.10 Å². The molecule has 2 heterocycles. The van der Waals surface area contributed by atoms with Gasteiger partial charge in [-0.3, -0.25) is 0 Å². The molecule has 27 heavy (non-hydrogen) atoms. The van der Waals surface area contributed by atoms with E-state index in [1.54, 1.807) is 24.3 Å². The lowest BCUT2D eigenvalue weighted by Gasteiger charge is -2.44. The Morgan fingerprint density at radius 3 is 1.81 bits per heavy atom. The van der Waals surface area contributed by atoms with Crippen LogP contribution in [0.4, 0.5) is 0 Å². The molecule has 2 bridgehead atoms. The molecule has 4 rings (SSSR count). The van der Waals surface area contributed by atoms with Gasteiger partial charge < -0.3 is 14.3 Å². The summed E-state index contributed by atoms with van der Waals surface area (Å²) in [5, 5.41) is 11.5. The zero-order chi connectivity index (χ0) is 19.1. The standard InChI is InChI=1S/C23H28NO3/c1-24(2)19-13-14-20(24)16-21(15-19)27-22(25)23(26,17-9-5-3-6-10-17)18-11-7-4-8-12-18/h3-12,19-21,26H,13-16H2,1-2H3/q+1/t19-,20+,21?. The lowest BCUT2D eigenvalue weighted by Crippen LogP contribution is -2.56. The third kappa shape index (κ3) is 3.07. The molecule has 2 aromatic carbocycles. The van der Waals surface area contributed by atoms with Crippen molar-refractivity contribution in [2.45, 2.75) is 49.5 Å². The van der Waals surface area contributed by atoms with Crippen molar-refractivity contribution in [3.05, 3.63) is 71.8 Å². The predicted octanol–water partition coefficient (Wildman–Crippen LogP) is 3.24. The van der Waals surface area contributed by atoms with Gasteiger partial charge in [0.25, 0.3) is 0 Å². The van der Waals surface area contributed by atoms with Gasteiger partial charge in [-0.1, -0.05) is 60.7 Å². The van der Waals surface area contributed by atoms with Crippen molar-refractivity contribution in [3.63, 3.8) is 0 Å². The molecule has 142 valence electrons. The van der Waals surface area contributed by atoms with Crippen LogP contribution in [-0.4, -0.2) is 47.8 Å². The summed E-state index contributed by atoms with van der Waals surface area (Å²) >= 11 is 0. The highest BCUT2D eigenvalue weighted by atomic mass is 16.6. The van der Waals surface area contributed by atoms with Crippen molar-refractivity contribution < 1.29 is 19.1 Å². The van der Waals surface area contributed by atoms with Crippen molar-refractivity contribution in [1.29, 1.82) is 0 Å². The van der Waals surface area contributed by atoms with Crippen LogP contribution >= 0.6 is 0 Å². The maximum absolute atomic E-state index is 13.3. The summed E-state index contributed by atoms with van der Waals surface area (Å²) in [5.74, 6) is -0.573. The minimum atomic E-state index is -1.79. The Labute approximate surface area is 161 Å². The van der Waals surface area contributed by atoms with E-state index in [1.165, 1.54) is 12.8 Å². The molecule has 0 aromatic heterocycles. The SMILES string of the molecule is C[N+]1(C)[C@@H]2CC[C@H]1CC(OC(=O)C(O)(c1ccccc1)c1ccccc1)C2. The number of hydrogen-bond donors (Lipinski definition) is 1. The molecule has 0 amide bonds.